The van der Waals surface area contributed by atoms with E-state index in [0.717, 1.165) is 36.9 Å². The molecule has 4 aromatic rings. The van der Waals surface area contributed by atoms with Crippen molar-refractivity contribution in [2.24, 2.45) is 7.05 Å². The highest BCUT2D eigenvalue weighted by atomic mass is 19.1. The van der Waals surface area contributed by atoms with Crippen LogP contribution in [0.4, 0.5) is 15.9 Å². The zero-order valence-corrected chi connectivity index (χ0v) is 17.8. The molecule has 0 amide bonds. The van der Waals surface area contributed by atoms with E-state index in [1.54, 1.807) is 10.6 Å². The fraction of sp³-hybridized carbons (Fsp3) is 0.292. The zero-order valence-electron chi connectivity index (χ0n) is 17.8. The number of fused-ring (bicyclic) bond motifs is 1. The lowest BCUT2D eigenvalue weighted by molar-refractivity contribution is 0.492. The average molecular weight is 433 g/mol. The largest absolute Gasteiger partial charge is 0.341 e. The molecule has 1 aliphatic carbocycles. The van der Waals surface area contributed by atoms with Crippen molar-refractivity contribution in [1.82, 2.24) is 18.7 Å². The Balaban J connectivity index is 1.75. The minimum absolute atomic E-state index is 0.0738. The fourth-order valence-electron chi connectivity index (χ4n) is 4.58. The molecule has 3 heterocycles. The Bertz CT molecular complexity index is 1380. The Labute approximate surface area is 183 Å². The van der Waals surface area contributed by atoms with Crippen LogP contribution in [-0.4, -0.2) is 18.7 Å². The first kappa shape index (κ1) is 20.2. The molecule has 1 fully saturated rings. The minimum atomic E-state index is -0.544. The second kappa shape index (κ2) is 8.11. The summed E-state index contributed by atoms with van der Waals surface area (Å²) < 4.78 is 18.2. The van der Waals surface area contributed by atoms with Gasteiger partial charge in [-0.2, -0.15) is 4.39 Å². The maximum Gasteiger partial charge on any atom is 0.331 e. The van der Waals surface area contributed by atoms with Gasteiger partial charge in [0.05, 0.1) is 12.1 Å². The molecule has 1 saturated carbocycles. The van der Waals surface area contributed by atoms with Gasteiger partial charge in [0, 0.05) is 31.2 Å². The van der Waals surface area contributed by atoms with Gasteiger partial charge >= 0.3 is 5.69 Å². The number of halogens is 1. The van der Waals surface area contributed by atoms with Gasteiger partial charge in [-0.1, -0.05) is 37.1 Å². The number of anilines is 2. The summed E-state index contributed by atoms with van der Waals surface area (Å²) in [5.74, 6) is 0.0564. The van der Waals surface area contributed by atoms with Gasteiger partial charge in [0.25, 0.3) is 5.56 Å². The maximum absolute atomic E-state index is 13.3. The molecule has 0 unspecified atom stereocenters. The van der Waals surface area contributed by atoms with Crippen molar-refractivity contribution in [3.8, 4) is 0 Å². The van der Waals surface area contributed by atoms with Gasteiger partial charge in [-0.15, -0.1) is 0 Å². The Morgan fingerprint density at radius 3 is 2.53 bits per heavy atom. The summed E-state index contributed by atoms with van der Waals surface area (Å²) in [6.45, 7) is 0.374. The number of aromatic nitrogens is 4. The van der Waals surface area contributed by atoms with Crippen molar-refractivity contribution >= 4 is 22.4 Å². The van der Waals surface area contributed by atoms with Crippen LogP contribution in [0.5, 0.6) is 0 Å². The van der Waals surface area contributed by atoms with Crippen molar-refractivity contribution in [1.29, 1.82) is 0 Å². The van der Waals surface area contributed by atoms with Crippen LogP contribution in [0.3, 0.4) is 0 Å². The molecule has 1 aromatic carbocycles. The van der Waals surface area contributed by atoms with Crippen molar-refractivity contribution in [3.63, 3.8) is 0 Å². The third kappa shape index (κ3) is 3.51. The van der Waals surface area contributed by atoms with Gasteiger partial charge in [-0.05, 0) is 36.6 Å². The zero-order chi connectivity index (χ0) is 22.2. The van der Waals surface area contributed by atoms with Gasteiger partial charge in [-0.25, -0.2) is 9.78 Å². The van der Waals surface area contributed by atoms with Crippen LogP contribution in [0.2, 0.25) is 0 Å². The lowest BCUT2D eigenvalue weighted by Gasteiger charge is -2.16. The molecular formula is C24H24FN5O2. The number of hydrogen-bond donors (Lipinski definition) is 1. The van der Waals surface area contributed by atoms with Crippen LogP contribution in [0.1, 0.15) is 37.3 Å². The highest BCUT2D eigenvalue weighted by molar-refractivity contribution is 5.92. The molecular weight excluding hydrogens is 409 g/mol. The number of rotatable bonds is 5. The number of nitrogens with zero attached hydrogens (tertiary/aromatic N) is 4. The van der Waals surface area contributed by atoms with E-state index < -0.39 is 5.95 Å². The molecule has 1 N–H and O–H groups in total. The lowest BCUT2D eigenvalue weighted by Crippen LogP contribution is -2.39. The molecule has 164 valence electrons. The predicted molar refractivity (Wildman–Crippen MR) is 122 cm³/mol. The quantitative estimate of drug-likeness (QED) is 0.484. The van der Waals surface area contributed by atoms with Crippen LogP contribution in [0.25, 0.3) is 10.9 Å². The van der Waals surface area contributed by atoms with E-state index >= 15 is 0 Å². The Morgan fingerprint density at radius 1 is 1.09 bits per heavy atom. The SMILES string of the molecule is Cn1c(=O)c2c(Nc3ccccc3)n(Cc3ccc(F)nc3)cc2n(C2CCCC2)c1=O. The Kier molecular flexibility index (Phi) is 5.13. The van der Waals surface area contributed by atoms with Crippen LogP contribution >= 0.6 is 0 Å². The van der Waals surface area contributed by atoms with Crippen molar-refractivity contribution in [3.05, 3.63) is 87.2 Å². The first-order valence-corrected chi connectivity index (χ1v) is 10.8. The van der Waals surface area contributed by atoms with Crippen LogP contribution < -0.4 is 16.6 Å². The third-order valence-electron chi connectivity index (χ3n) is 6.20. The molecule has 32 heavy (non-hydrogen) atoms. The van der Waals surface area contributed by atoms with E-state index in [1.165, 1.54) is 23.9 Å². The Morgan fingerprint density at radius 2 is 1.84 bits per heavy atom. The van der Waals surface area contributed by atoms with Crippen LogP contribution in [0.15, 0.2) is 64.4 Å². The summed E-state index contributed by atoms with van der Waals surface area (Å²) in [7, 11) is 1.53. The molecule has 0 atom stereocenters. The first-order chi connectivity index (χ1) is 15.5. The summed E-state index contributed by atoms with van der Waals surface area (Å²) in [5.41, 5.74) is 1.61. The van der Waals surface area contributed by atoms with Crippen molar-refractivity contribution < 1.29 is 4.39 Å². The lowest BCUT2D eigenvalue weighted by atomic mass is 10.2. The summed E-state index contributed by atoms with van der Waals surface area (Å²) in [6.07, 6.45) is 7.31. The second-order valence-electron chi connectivity index (χ2n) is 8.30. The highest BCUT2D eigenvalue weighted by Crippen LogP contribution is 2.33. The van der Waals surface area contributed by atoms with Crippen molar-refractivity contribution in [2.75, 3.05) is 5.32 Å². The van der Waals surface area contributed by atoms with Crippen molar-refractivity contribution in [2.45, 2.75) is 38.3 Å². The van der Waals surface area contributed by atoms with Crippen LogP contribution in [0, 0.1) is 5.95 Å². The van der Waals surface area contributed by atoms with E-state index in [0.29, 0.717) is 23.3 Å². The number of hydrogen-bond acceptors (Lipinski definition) is 4. The van der Waals surface area contributed by atoms with E-state index in [1.807, 2.05) is 41.1 Å². The smallest absolute Gasteiger partial charge is 0.331 e. The number of benzene rings is 1. The summed E-state index contributed by atoms with van der Waals surface area (Å²) in [5, 5.41) is 3.84. The first-order valence-electron chi connectivity index (χ1n) is 10.8. The van der Waals surface area contributed by atoms with Gasteiger partial charge in [0.2, 0.25) is 5.95 Å². The van der Waals surface area contributed by atoms with Gasteiger partial charge in [0.15, 0.2) is 0 Å². The normalized spacial score (nSPS) is 14.3. The summed E-state index contributed by atoms with van der Waals surface area (Å²) in [4.78, 5) is 30.1. The predicted octanol–water partition coefficient (Wildman–Crippen LogP) is 3.94. The summed E-state index contributed by atoms with van der Waals surface area (Å²) >= 11 is 0. The minimum Gasteiger partial charge on any atom is -0.341 e. The molecule has 1 aliphatic rings. The average Bonchev–Trinajstić information content (AvgIpc) is 3.44. The molecule has 0 aliphatic heterocycles. The molecule has 3 aromatic heterocycles. The monoisotopic (exact) mass is 433 g/mol. The van der Waals surface area contributed by atoms with E-state index in [-0.39, 0.29) is 17.3 Å². The van der Waals surface area contributed by atoms with Gasteiger partial charge < -0.3 is 9.88 Å². The standard InChI is InChI=1S/C24H24FN5O2/c1-28-23(31)21-19(30(24(28)32)18-9-5-6-10-18)15-29(14-16-11-12-20(25)26-13-16)22(21)27-17-7-3-2-4-8-17/h2-4,7-8,11-13,15,18,27H,5-6,9-10,14H2,1H3. The molecule has 0 radical (unpaired) electrons. The van der Waals surface area contributed by atoms with E-state index in [2.05, 4.69) is 10.3 Å². The summed E-state index contributed by atoms with van der Waals surface area (Å²) in [6, 6.07) is 12.6. The van der Waals surface area contributed by atoms with Gasteiger partial charge in [-0.3, -0.25) is 13.9 Å². The second-order valence-corrected chi connectivity index (χ2v) is 8.30. The molecule has 8 heteroatoms. The number of nitrogens with one attached hydrogen (secondary N) is 1. The molecule has 0 spiro atoms. The molecule has 0 saturated heterocycles. The maximum atomic E-state index is 13.3. The highest BCUT2D eigenvalue weighted by Gasteiger charge is 2.25. The molecule has 5 rings (SSSR count). The fourth-order valence-corrected chi connectivity index (χ4v) is 4.58. The van der Waals surface area contributed by atoms with E-state index in [9.17, 15) is 14.0 Å². The number of para-hydroxylation sites is 1. The van der Waals surface area contributed by atoms with Crippen LogP contribution in [-0.2, 0) is 13.6 Å². The topological polar surface area (TPSA) is 73.8 Å². The third-order valence-corrected chi connectivity index (χ3v) is 6.20. The van der Waals surface area contributed by atoms with Gasteiger partial charge in [0.1, 0.15) is 11.2 Å². The molecule has 0 bridgehead atoms. The number of pyridine rings is 1. The molecule has 7 nitrogen and oxygen atoms in total. The Hall–Kier alpha value is -3.68. The van der Waals surface area contributed by atoms with E-state index in [4.69, 9.17) is 0 Å².